The molecule has 6 heteroatoms. The maximum Gasteiger partial charge on any atom is 0.140 e. The molecule has 0 bridgehead atoms. The molecule has 6 nitrogen and oxygen atoms in total. The van der Waals surface area contributed by atoms with Gasteiger partial charge in [-0.15, -0.1) is 0 Å². The summed E-state index contributed by atoms with van der Waals surface area (Å²) in [4.78, 5) is 17.6. The number of ether oxygens (including phenoxy) is 1. The summed E-state index contributed by atoms with van der Waals surface area (Å²) in [5.74, 6) is 2.76. The Hall–Kier alpha value is -2.86. The number of para-hydroxylation sites is 1. The van der Waals surface area contributed by atoms with E-state index >= 15 is 0 Å². The Balaban J connectivity index is 1.29. The molecule has 190 valence electrons. The maximum absolute atomic E-state index is 5.30. The van der Waals surface area contributed by atoms with Crippen molar-refractivity contribution >= 4 is 28.1 Å². The molecular weight excluding hydrogens is 446 g/mol. The molecule has 1 saturated carbocycles. The van der Waals surface area contributed by atoms with Gasteiger partial charge in [0, 0.05) is 69.1 Å². The van der Waals surface area contributed by atoms with Crippen LogP contribution < -0.4 is 14.7 Å². The summed E-state index contributed by atoms with van der Waals surface area (Å²) in [7, 11) is 3.88. The van der Waals surface area contributed by atoms with Crippen molar-refractivity contribution in [3.05, 3.63) is 53.9 Å². The van der Waals surface area contributed by atoms with Crippen LogP contribution in [0, 0.1) is 0 Å². The number of nitrogens with zero attached hydrogens (tertiary/aromatic N) is 5. The molecular formula is C30H39N5O. The van der Waals surface area contributed by atoms with Crippen LogP contribution in [0.1, 0.15) is 56.3 Å². The molecule has 3 aromatic rings. The Morgan fingerprint density at radius 3 is 2.47 bits per heavy atom. The lowest BCUT2D eigenvalue weighted by molar-refractivity contribution is 0.206. The summed E-state index contributed by atoms with van der Waals surface area (Å²) >= 11 is 0. The molecule has 6 rings (SSSR count). The summed E-state index contributed by atoms with van der Waals surface area (Å²) < 4.78 is 5.30. The topological polar surface area (TPSA) is 44.7 Å². The molecule has 0 spiro atoms. The highest BCUT2D eigenvalue weighted by molar-refractivity contribution is 5.92. The van der Waals surface area contributed by atoms with E-state index < -0.39 is 0 Å². The zero-order chi connectivity index (χ0) is 24.7. The number of methoxy groups -OCH3 is 1. The molecule has 0 unspecified atom stereocenters. The third-order valence-corrected chi connectivity index (χ3v) is 8.64. The Bertz CT molecular complexity index is 1230. The lowest BCUT2D eigenvalue weighted by atomic mass is 9.87. The second kappa shape index (κ2) is 9.55. The van der Waals surface area contributed by atoms with Crippen LogP contribution in [0.3, 0.4) is 0 Å². The number of benzene rings is 2. The Labute approximate surface area is 215 Å². The van der Waals surface area contributed by atoms with Gasteiger partial charge in [-0.3, -0.25) is 0 Å². The Kier molecular flexibility index (Phi) is 6.24. The number of fused-ring (bicyclic) bond motifs is 1. The van der Waals surface area contributed by atoms with E-state index in [4.69, 9.17) is 14.7 Å². The molecule has 1 aromatic heterocycles. The zero-order valence-electron chi connectivity index (χ0n) is 22.0. The summed E-state index contributed by atoms with van der Waals surface area (Å²) in [5.41, 5.74) is 5.40. The number of anilines is 3. The summed E-state index contributed by atoms with van der Waals surface area (Å²) in [6.45, 7) is 8.34. The van der Waals surface area contributed by atoms with E-state index in [0.717, 1.165) is 49.6 Å². The minimum atomic E-state index is 0.144. The highest BCUT2D eigenvalue weighted by Crippen LogP contribution is 2.47. The van der Waals surface area contributed by atoms with Crippen molar-refractivity contribution in [3.8, 4) is 0 Å². The summed E-state index contributed by atoms with van der Waals surface area (Å²) in [6.07, 6.45) is 6.01. The Morgan fingerprint density at radius 2 is 1.78 bits per heavy atom. The fourth-order valence-corrected chi connectivity index (χ4v) is 5.70. The fraction of sp³-hybridized carbons (Fsp3) is 0.533. The first-order valence-corrected chi connectivity index (χ1v) is 13.7. The second-order valence-corrected chi connectivity index (χ2v) is 11.2. The van der Waals surface area contributed by atoms with Gasteiger partial charge in [-0.1, -0.05) is 25.1 Å². The number of piperidine rings is 1. The average Bonchev–Trinajstić information content (AvgIpc) is 3.64. The molecule has 0 amide bonds. The van der Waals surface area contributed by atoms with Crippen LogP contribution in [-0.2, 0) is 10.2 Å². The van der Waals surface area contributed by atoms with Crippen LogP contribution in [-0.4, -0.2) is 63.5 Å². The largest absolute Gasteiger partial charge is 0.383 e. The van der Waals surface area contributed by atoms with E-state index in [2.05, 4.69) is 71.1 Å². The van der Waals surface area contributed by atoms with Crippen molar-refractivity contribution in [3.63, 3.8) is 0 Å². The van der Waals surface area contributed by atoms with Gasteiger partial charge in [0.25, 0.3) is 0 Å². The van der Waals surface area contributed by atoms with E-state index in [1.807, 2.05) is 0 Å². The van der Waals surface area contributed by atoms with Crippen molar-refractivity contribution < 1.29 is 4.74 Å². The highest BCUT2D eigenvalue weighted by atomic mass is 16.5. The molecule has 2 aromatic carbocycles. The number of hydrogen-bond acceptors (Lipinski definition) is 6. The fourth-order valence-electron chi connectivity index (χ4n) is 5.70. The first kappa shape index (κ1) is 23.5. The highest BCUT2D eigenvalue weighted by Gasteiger charge is 2.43. The van der Waals surface area contributed by atoms with E-state index in [-0.39, 0.29) is 5.41 Å². The van der Waals surface area contributed by atoms with Crippen LogP contribution in [0.15, 0.2) is 42.5 Å². The standard InChI is InChI=1S/C30H39N5O/c1-30(13-14-30)29-31-26-10-9-23(33(2)19-20-36-3)21-25(26)28(32-29)35-17-11-22(12-18-35)24-7-4-5-8-27(24)34-15-6-16-34/h4-5,7-10,21-22H,6,11-20H2,1-3H3. The molecule has 1 aliphatic carbocycles. The maximum atomic E-state index is 5.30. The molecule has 0 atom stereocenters. The van der Waals surface area contributed by atoms with Crippen molar-refractivity contribution in [1.82, 2.24) is 9.97 Å². The van der Waals surface area contributed by atoms with Crippen LogP contribution >= 0.6 is 0 Å². The van der Waals surface area contributed by atoms with Gasteiger partial charge in [0.1, 0.15) is 11.6 Å². The van der Waals surface area contributed by atoms with Crippen molar-refractivity contribution in [1.29, 1.82) is 0 Å². The SMILES string of the molecule is COCCN(C)c1ccc2nc(C3(C)CC3)nc(N3CCC(c4ccccc4N4CCC4)CC3)c2c1. The van der Waals surface area contributed by atoms with Crippen LogP contribution in [0.5, 0.6) is 0 Å². The monoisotopic (exact) mass is 485 g/mol. The van der Waals surface area contributed by atoms with Crippen LogP contribution in [0.2, 0.25) is 0 Å². The molecule has 0 radical (unpaired) electrons. The number of rotatable bonds is 8. The Morgan fingerprint density at radius 1 is 1.00 bits per heavy atom. The quantitative estimate of drug-likeness (QED) is 0.428. The third-order valence-electron chi connectivity index (χ3n) is 8.64. The molecule has 3 heterocycles. The van der Waals surface area contributed by atoms with Gasteiger partial charge < -0.3 is 19.4 Å². The minimum absolute atomic E-state index is 0.144. The van der Waals surface area contributed by atoms with Crippen LogP contribution in [0.25, 0.3) is 10.9 Å². The zero-order valence-corrected chi connectivity index (χ0v) is 22.0. The summed E-state index contributed by atoms with van der Waals surface area (Å²) in [5, 5.41) is 1.17. The smallest absolute Gasteiger partial charge is 0.140 e. The number of aromatic nitrogens is 2. The van der Waals surface area contributed by atoms with E-state index in [1.165, 1.54) is 54.7 Å². The van der Waals surface area contributed by atoms with Gasteiger partial charge in [-0.25, -0.2) is 9.97 Å². The first-order valence-electron chi connectivity index (χ1n) is 13.7. The molecule has 2 aliphatic heterocycles. The first-order chi connectivity index (χ1) is 17.6. The predicted octanol–water partition coefficient (Wildman–Crippen LogP) is 5.36. The van der Waals surface area contributed by atoms with Crippen molar-refractivity contribution in [2.45, 2.75) is 50.4 Å². The lowest BCUT2D eigenvalue weighted by Crippen LogP contribution is -2.39. The van der Waals surface area contributed by atoms with Gasteiger partial charge in [0.2, 0.25) is 0 Å². The van der Waals surface area contributed by atoms with Crippen LogP contribution in [0.4, 0.5) is 17.2 Å². The lowest BCUT2D eigenvalue weighted by Gasteiger charge is -2.39. The molecule has 36 heavy (non-hydrogen) atoms. The number of likely N-dealkylation sites (N-methyl/N-ethyl adjacent to an activating group) is 1. The molecule has 3 fully saturated rings. The predicted molar refractivity (Wildman–Crippen MR) is 149 cm³/mol. The molecule has 0 N–H and O–H groups in total. The minimum Gasteiger partial charge on any atom is -0.383 e. The number of hydrogen-bond donors (Lipinski definition) is 0. The van der Waals surface area contributed by atoms with E-state index in [9.17, 15) is 0 Å². The normalized spacial score (nSPS) is 19.4. The average molecular weight is 486 g/mol. The van der Waals surface area contributed by atoms with Gasteiger partial charge in [0.15, 0.2) is 0 Å². The van der Waals surface area contributed by atoms with Gasteiger partial charge in [-0.2, -0.15) is 0 Å². The third kappa shape index (κ3) is 4.40. The molecule has 2 saturated heterocycles. The van der Waals surface area contributed by atoms with Crippen molar-refractivity contribution in [2.24, 2.45) is 0 Å². The van der Waals surface area contributed by atoms with Gasteiger partial charge >= 0.3 is 0 Å². The summed E-state index contributed by atoms with van der Waals surface area (Å²) in [6, 6.07) is 15.8. The van der Waals surface area contributed by atoms with E-state index in [1.54, 1.807) is 7.11 Å². The van der Waals surface area contributed by atoms with Gasteiger partial charge in [0.05, 0.1) is 12.1 Å². The van der Waals surface area contributed by atoms with E-state index in [0.29, 0.717) is 12.5 Å². The second-order valence-electron chi connectivity index (χ2n) is 11.2. The van der Waals surface area contributed by atoms with Gasteiger partial charge in [-0.05, 0) is 67.9 Å². The van der Waals surface area contributed by atoms with Crippen molar-refractivity contribution in [2.75, 3.05) is 68.2 Å². The molecule has 3 aliphatic rings.